The van der Waals surface area contributed by atoms with Crippen molar-refractivity contribution >= 4 is 15.9 Å². The van der Waals surface area contributed by atoms with E-state index in [1.165, 1.54) is 5.56 Å². The summed E-state index contributed by atoms with van der Waals surface area (Å²) >= 11 is 3.51. The Kier molecular flexibility index (Phi) is 4.17. The van der Waals surface area contributed by atoms with E-state index in [0.717, 1.165) is 28.0 Å². The third-order valence-electron chi connectivity index (χ3n) is 3.90. The third kappa shape index (κ3) is 2.78. The van der Waals surface area contributed by atoms with Crippen molar-refractivity contribution in [2.24, 2.45) is 0 Å². The number of benzene rings is 2. The summed E-state index contributed by atoms with van der Waals surface area (Å²) in [6.07, 6.45) is 0.867. The molecule has 3 nitrogen and oxygen atoms in total. The van der Waals surface area contributed by atoms with Crippen molar-refractivity contribution in [2.75, 3.05) is 14.2 Å². The number of fused-ring (bicyclic) bond motifs is 1. The predicted molar refractivity (Wildman–Crippen MR) is 86.9 cm³/mol. The van der Waals surface area contributed by atoms with Gasteiger partial charge in [-0.3, -0.25) is 0 Å². The molecule has 0 saturated heterocycles. The first-order valence-electron chi connectivity index (χ1n) is 6.99. The summed E-state index contributed by atoms with van der Waals surface area (Å²) in [7, 11) is 3.68. The summed E-state index contributed by atoms with van der Waals surface area (Å²) in [5, 5.41) is 3.38. The Morgan fingerprint density at radius 2 is 2.00 bits per heavy atom. The highest BCUT2D eigenvalue weighted by atomic mass is 79.9. The first-order valence-corrected chi connectivity index (χ1v) is 7.78. The lowest BCUT2D eigenvalue weighted by atomic mass is 9.92. The number of hydrogen-bond donors (Lipinski definition) is 1. The number of methoxy groups -OCH3 is 1. The zero-order valence-corrected chi connectivity index (χ0v) is 13.7. The van der Waals surface area contributed by atoms with E-state index >= 15 is 0 Å². The number of halogens is 1. The van der Waals surface area contributed by atoms with E-state index in [-0.39, 0.29) is 12.1 Å². The highest BCUT2D eigenvalue weighted by Crippen LogP contribution is 2.43. The molecule has 0 bridgehead atoms. The normalized spacial score (nSPS) is 20.5. The van der Waals surface area contributed by atoms with Gasteiger partial charge < -0.3 is 14.8 Å². The van der Waals surface area contributed by atoms with Crippen molar-refractivity contribution in [2.45, 2.75) is 18.6 Å². The van der Waals surface area contributed by atoms with Gasteiger partial charge in [0.25, 0.3) is 0 Å². The van der Waals surface area contributed by atoms with E-state index in [0.29, 0.717) is 0 Å². The molecule has 0 amide bonds. The van der Waals surface area contributed by atoms with E-state index in [9.17, 15) is 0 Å². The van der Waals surface area contributed by atoms with Gasteiger partial charge in [-0.1, -0.05) is 40.2 Å². The Morgan fingerprint density at radius 3 is 2.76 bits per heavy atom. The summed E-state index contributed by atoms with van der Waals surface area (Å²) in [5.74, 6) is 1.79. The van der Waals surface area contributed by atoms with Gasteiger partial charge in [0, 0.05) is 28.1 Å². The average Bonchev–Trinajstić information content (AvgIpc) is 2.53. The Morgan fingerprint density at radius 1 is 1.19 bits per heavy atom. The molecule has 110 valence electrons. The zero-order valence-electron chi connectivity index (χ0n) is 12.1. The summed E-state index contributed by atoms with van der Waals surface area (Å²) in [6.45, 7) is 0. The van der Waals surface area contributed by atoms with Crippen LogP contribution >= 0.6 is 15.9 Å². The number of para-hydroxylation sites is 1. The summed E-state index contributed by atoms with van der Waals surface area (Å²) in [4.78, 5) is 0. The molecule has 1 heterocycles. The van der Waals surface area contributed by atoms with Crippen molar-refractivity contribution in [3.05, 3.63) is 58.1 Å². The second kappa shape index (κ2) is 6.08. The molecule has 0 aliphatic carbocycles. The maximum Gasteiger partial charge on any atom is 0.129 e. The van der Waals surface area contributed by atoms with Crippen molar-refractivity contribution in [1.29, 1.82) is 0 Å². The van der Waals surface area contributed by atoms with Gasteiger partial charge in [0.1, 0.15) is 17.6 Å². The highest BCUT2D eigenvalue weighted by molar-refractivity contribution is 9.10. The molecular weight excluding hydrogens is 330 g/mol. The number of ether oxygens (including phenoxy) is 2. The van der Waals surface area contributed by atoms with E-state index in [1.54, 1.807) is 7.11 Å². The van der Waals surface area contributed by atoms with Crippen LogP contribution in [0, 0.1) is 0 Å². The molecule has 1 aliphatic rings. The molecule has 0 fully saturated rings. The fourth-order valence-corrected chi connectivity index (χ4v) is 3.18. The van der Waals surface area contributed by atoms with E-state index < -0.39 is 0 Å². The minimum absolute atomic E-state index is 0.0135. The van der Waals surface area contributed by atoms with Crippen LogP contribution in [0.25, 0.3) is 0 Å². The van der Waals surface area contributed by atoms with Crippen LogP contribution in [0.5, 0.6) is 11.5 Å². The van der Waals surface area contributed by atoms with Gasteiger partial charge in [-0.15, -0.1) is 0 Å². The largest absolute Gasteiger partial charge is 0.496 e. The summed E-state index contributed by atoms with van der Waals surface area (Å²) in [5.41, 5.74) is 2.29. The lowest BCUT2D eigenvalue weighted by Gasteiger charge is -2.33. The molecule has 2 aromatic rings. The Balaban J connectivity index is 2.00. The summed E-state index contributed by atoms with van der Waals surface area (Å²) < 4.78 is 12.7. The van der Waals surface area contributed by atoms with E-state index in [4.69, 9.17) is 9.47 Å². The maximum atomic E-state index is 6.22. The van der Waals surface area contributed by atoms with Gasteiger partial charge in [0.15, 0.2) is 0 Å². The van der Waals surface area contributed by atoms with E-state index in [2.05, 4.69) is 39.4 Å². The monoisotopic (exact) mass is 347 g/mol. The second-order valence-electron chi connectivity index (χ2n) is 5.11. The van der Waals surface area contributed by atoms with Gasteiger partial charge in [0.2, 0.25) is 0 Å². The summed E-state index contributed by atoms with van der Waals surface area (Å²) in [6, 6.07) is 14.5. The van der Waals surface area contributed by atoms with Crippen molar-refractivity contribution in [1.82, 2.24) is 5.32 Å². The van der Waals surface area contributed by atoms with Crippen LogP contribution in [-0.2, 0) is 0 Å². The minimum Gasteiger partial charge on any atom is -0.496 e. The van der Waals surface area contributed by atoms with Gasteiger partial charge in [-0.25, -0.2) is 0 Å². The molecule has 0 saturated carbocycles. The van der Waals surface area contributed by atoms with Crippen LogP contribution in [0.2, 0.25) is 0 Å². The minimum atomic E-state index is -0.0135. The number of nitrogens with one attached hydrogen (secondary N) is 1. The van der Waals surface area contributed by atoms with Crippen molar-refractivity contribution in [3.63, 3.8) is 0 Å². The first kappa shape index (κ1) is 14.4. The number of rotatable bonds is 3. The van der Waals surface area contributed by atoms with Gasteiger partial charge in [-0.05, 0) is 25.2 Å². The van der Waals surface area contributed by atoms with Gasteiger partial charge in [0.05, 0.1) is 7.11 Å². The Labute approximate surface area is 133 Å². The molecule has 1 N–H and O–H groups in total. The Bertz CT molecular complexity index is 644. The zero-order chi connectivity index (χ0) is 14.8. The third-order valence-corrected chi connectivity index (χ3v) is 4.40. The molecular formula is C17H18BrNO2. The maximum absolute atomic E-state index is 6.22. The molecule has 0 radical (unpaired) electrons. The van der Waals surface area contributed by atoms with Crippen molar-refractivity contribution < 1.29 is 9.47 Å². The molecule has 2 aromatic carbocycles. The molecule has 4 heteroatoms. The van der Waals surface area contributed by atoms with Gasteiger partial charge in [-0.2, -0.15) is 0 Å². The number of hydrogen-bond acceptors (Lipinski definition) is 3. The molecule has 21 heavy (non-hydrogen) atoms. The smallest absolute Gasteiger partial charge is 0.129 e. The van der Waals surface area contributed by atoms with Crippen LogP contribution in [0.3, 0.4) is 0 Å². The van der Waals surface area contributed by atoms with Crippen LogP contribution in [0.4, 0.5) is 0 Å². The highest BCUT2D eigenvalue weighted by Gasteiger charge is 2.30. The molecule has 1 aliphatic heterocycles. The Hall–Kier alpha value is -1.52. The lowest BCUT2D eigenvalue weighted by molar-refractivity contribution is 0.150. The average molecular weight is 348 g/mol. The topological polar surface area (TPSA) is 30.5 Å². The first-order chi connectivity index (χ1) is 10.2. The quantitative estimate of drug-likeness (QED) is 0.900. The van der Waals surface area contributed by atoms with Crippen molar-refractivity contribution in [3.8, 4) is 11.5 Å². The molecule has 0 aromatic heterocycles. The molecule has 0 spiro atoms. The van der Waals surface area contributed by atoms with Crippen LogP contribution < -0.4 is 14.8 Å². The SMILES string of the molecule is CNC1CC(c2ccccc2OC)Oc2cc(Br)ccc21. The fraction of sp³-hybridized carbons (Fsp3) is 0.294. The molecule has 2 atom stereocenters. The van der Waals surface area contributed by atoms with E-state index in [1.807, 2.05) is 31.3 Å². The molecule has 2 unspecified atom stereocenters. The predicted octanol–water partition coefficient (Wildman–Crippen LogP) is 4.24. The van der Waals surface area contributed by atoms with Crippen LogP contribution in [0.1, 0.15) is 29.7 Å². The lowest BCUT2D eigenvalue weighted by Crippen LogP contribution is -2.27. The second-order valence-corrected chi connectivity index (χ2v) is 6.02. The molecule has 3 rings (SSSR count). The standard InChI is InChI=1S/C17H18BrNO2/c1-19-14-10-17(13-5-3-4-6-15(13)20-2)21-16-9-11(18)7-8-12(14)16/h3-9,14,17,19H,10H2,1-2H3. The fourth-order valence-electron chi connectivity index (χ4n) is 2.84. The van der Waals surface area contributed by atoms with Crippen LogP contribution in [-0.4, -0.2) is 14.2 Å². The van der Waals surface area contributed by atoms with Gasteiger partial charge >= 0.3 is 0 Å². The van der Waals surface area contributed by atoms with Crippen LogP contribution in [0.15, 0.2) is 46.9 Å².